The normalized spacial score (nSPS) is 11.1. The molecule has 2 aromatic carbocycles. The molecular weight excluding hydrogens is 300 g/mol. The molecule has 2 amide bonds. The van der Waals surface area contributed by atoms with Crippen molar-refractivity contribution in [3.8, 4) is 0 Å². The van der Waals surface area contributed by atoms with Crippen LogP contribution in [0, 0.1) is 0 Å². The molecule has 0 saturated heterocycles. The summed E-state index contributed by atoms with van der Waals surface area (Å²) in [5.74, 6) is -0.0759. The Kier molecular flexibility index (Phi) is 5.96. The molecule has 0 radical (unpaired) electrons. The highest BCUT2D eigenvalue weighted by atomic mass is 16.2. The lowest BCUT2D eigenvalue weighted by Crippen LogP contribution is -2.43. The highest BCUT2D eigenvalue weighted by Gasteiger charge is 2.19. The van der Waals surface area contributed by atoms with Crippen molar-refractivity contribution in [1.82, 2.24) is 10.2 Å². The highest BCUT2D eigenvalue weighted by Crippen LogP contribution is 2.15. The molecule has 2 aromatic rings. The van der Waals surface area contributed by atoms with Gasteiger partial charge in [0.2, 0.25) is 5.91 Å². The van der Waals surface area contributed by atoms with Gasteiger partial charge in [0.1, 0.15) is 0 Å². The minimum absolute atomic E-state index is 0.0683. The fourth-order valence-corrected chi connectivity index (χ4v) is 3.02. The second-order valence-corrected chi connectivity index (χ2v) is 6.56. The van der Waals surface area contributed by atoms with Crippen LogP contribution in [0.2, 0.25) is 0 Å². The van der Waals surface area contributed by atoms with E-state index in [-0.39, 0.29) is 23.9 Å². The van der Waals surface area contributed by atoms with Gasteiger partial charge in [-0.2, -0.15) is 0 Å². The number of nitrogens with zero attached hydrogens (tertiary/aromatic N) is 1. The van der Waals surface area contributed by atoms with E-state index in [1.807, 2.05) is 75.1 Å². The van der Waals surface area contributed by atoms with Crippen LogP contribution in [0.15, 0.2) is 42.5 Å². The summed E-state index contributed by atoms with van der Waals surface area (Å²) in [5.41, 5.74) is 0.616. The molecule has 0 saturated carbocycles. The van der Waals surface area contributed by atoms with Crippen molar-refractivity contribution in [2.75, 3.05) is 6.54 Å². The Morgan fingerprint density at radius 3 is 2.21 bits per heavy atom. The summed E-state index contributed by atoms with van der Waals surface area (Å²) < 4.78 is 0. The molecule has 4 nitrogen and oxygen atoms in total. The van der Waals surface area contributed by atoms with Gasteiger partial charge in [0.15, 0.2) is 0 Å². The van der Waals surface area contributed by atoms with Crippen LogP contribution in [0.3, 0.4) is 0 Å². The number of hydrogen-bond donors (Lipinski definition) is 1. The van der Waals surface area contributed by atoms with Crippen LogP contribution < -0.4 is 5.32 Å². The van der Waals surface area contributed by atoms with Crippen LogP contribution in [0.4, 0.5) is 0 Å². The van der Waals surface area contributed by atoms with Gasteiger partial charge in [0.25, 0.3) is 5.91 Å². The molecule has 1 N–H and O–H groups in total. The fraction of sp³-hybridized carbons (Fsp3) is 0.400. The second-order valence-electron chi connectivity index (χ2n) is 6.56. The lowest BCUT2D eigenvalue weighted by Gasteiger charge is -2.30. The van der Waals surface area contributed by atoms with E-state index in [1.54, 1.807) is 0 Å². The van der Waals surface area contributed by atoms with Gasteiger partial charge in [-0.05, 0) is 50.6 Å². The minimum atomic E-state index is -0.144. The zero-order valence-electron chi connectivity index (χ0n) is 14.9. The first kappa shape index (κ1) is 18.0. The third-order valence-corrected chi connectivity index (χ3v) is 4.04. The first-order chi connectivity index (χ1) is 11.4. The molecule has 0 heterocycles. The molecule has 0 atom stereocenters. The summed E-state index contributed by atoms with van der Waals surface area (Å²) in [6.07, 6.45) is 0.315. The van der Waals surface area contributed by atoms with Gasteiger partial charge in [-0.25, -0.2) is 0 Å². The van der Waals surface area contributed by atoms with Crippen LogP contribution in [0.5, 0.6) is 0 Å². The van der Waals surface area contributed by atoms with Gasteiger partial charge in [0, 0.05) is 30.6 Å². The van der Waals surface area contributed by atoms with E-state index >= 15 is 0 Å². The largest absolute Gasteiger partial charge is 0.352 e. The van der Waals surface area contributed by atoms with Gasteiger partial charge in [0.05, 0.1) is 0 Å². The van der Waals surface area contributed by atoms with Crippen molar-refractivity contribution in [2.45, 2.75) is 46.2 Å². The third-order valence-electron chi connectivity index (χ3n) is 4.04. The number of hydrogen-bond acceptors (Lipinski definition) is 2. The lowest BCUT2D eigenvalue weighted by atomic mass is 10.1. The van der Waals surface area contributed by atoms with Crippen LogP contribution >= 0.6 is 0 Å². The van der Waals surface area contributed by atoms with Crippen LogP contribution in [0.25, 0.3) is 10.8 Å². The number of nitrogens with one attached hydrogen (secondary N) is 1. The number of carbonyl (C=O) groups is 2. The van der Waals surface area contributed by atoms with E-state index in [2.05, 4.69) is 5.32 Å². The zero-order chi connectivity index (χ0) is 17.7. The SMILES string of the molecule is CC(C)N(C(=O)CCNC(=O)c1ccc2ccccc2c1)C(C)C. The summed E-state index contributed by atoms with van der Waals surface area (Å²) in [6.45, 7) is 8.37. The molecule has 0 unspecified atom stereocenters. The number of amides is 2. The summed E-state index contributed by atoms with van der Waals surface area (Å²) >= 11 is 0. The molecule has 0 aromatic heterocycles. The molecule has 0 spiro atoms. The van der Waals surface area contributed by atoms with Gasteiger partial charge in [-0.3, -0.25) is 9.59 Å². The van der Waals surface area contributed by atoms with Gasteiger partial charge in [-0.1, -0.05) is 30.3 Å². The number of benzene rings is 2. The van der Waals surface area contributed by atoms with Crippen LogP contribution in [-0.4, -0.2) is 35.3 Å². The molecule has 24 heavy (non-hydrogen) atoms. The van der Waals surface area contributed by atoms with Crippen molar-refractivity contribution < 1.29 is 9.59 Å². The van der Waals surface area contributed by atoms with E-state index in [0.717, 1.165) is 10.8 Å². The maximum absolute atomic E-state index is 12.3. The van der Waals surface area contributed by atoms with E-state index in [0.29, 0.717) is 18.5 Å². The predicted molar refractivity (Wildman–Crippen MR) is 98.0 cm³/mol. The third kappa shape index (κ3) is 4.34. The number of rotatable bonds is 6. The van der Waals surface area contributed by atoms with Crippen molar-refractivity contribution in [3.63, 3.8) is 0 Å². The van der Waals surface area contributed by atoms with Gasteiger partial charge >= 0.3 is 0 Å². The summed E-state index contributed by atoms with van der Waals surface area (Å²) in [7, 11) is 0. The second kappa shape index (κ2) is 7.95. The molecule has 0 aliphatic rings. The average molecular weight is 326 g/mol. The molecule has 0 aliphatic heterocycles. The van der Waals surface area contributed by atoms with Crippen molar-refractivity contribution >= 4 is 22.6 Å². The van der Waals surface area contributed by atoms with Crippen molar-refractivity contribution in [3.05, 3.63) is 48.0 Å². The Hall–Kier alpha value is -2.36. The quantitative estimate of drug-likeness (QED) is 0.881. The molecule has 0 bridgehead atoms. The first-order valence-corrected chi connectivity index (χ1v) is 8.48. The molecular formula is C20H26N2O2. The van der Waals surface area contributed by atoms with E-state index in [9.17, 15) is 9.59 Å². The van der Waals surface area contributed by atoms with E-state index in [4.69, 9.17) is 0 Å². The lowest BCUT2D eigenvalue weighted by molar-refractivity contribution is -0.134. The highest BCUT2D eigenvalue weighted by molar-refractivity contribution is 5.98. The maximum Gasteiger partial charge on any atom is 0.251 e. The van der Waals surface area contributed by atoms with E-state index < -0.39 is 0 Å². The Bertz CT molecular complexity index is 714. The minimum Gasteiger partial charge on any atom is -0.352 e. The zero-order valence-corrected chi connectivity index (χ0v) is 14.9. The average Bonchev–Trinajstić information content (AvgIpc) is 2.53. The maximum atomic E-state index is 12.3. The Morgan fingerprint density at radius 2 is 1.58 bits per heavy atom. The molecule has 4 heteroatoms. The summed E-state index contributed by atoms with van der Waals surface area (Å²) in [6, 6.07) is 13.9. The standard InChI is InChI=1S/C20H26N2O2/c1-14(2)22(15(3)4)19(23)11-12-21-20(24)18-10-9-16-7-5-6-8-17(16)13-18/h5-10,13-15H,11-12H2,1-4H3,(H,21,24). The molecule has 128 valence electrons. The molecule has 0 aliphatic carbocycles. The first-order valence-electron chi connectivity index (χ1n) is 8.48. The van der Waals surface area contributed by atoms with Crippen molar-refractivity contribution in [2.24, 2.45) is 0 Å². The predicted octanol–water partition coefficient (Wildman–Crippen LogP) is 3.61. The summed E-state index contributed by atoms with van der Waals surface area (Å²) in [5, 5.41) is 4.98. The smallest absolute Gasteiger partial charge is 0.251 e. The topological polar surface area (TPSA) is 49.4 Å². The van der Waals surface area contributed by atoms with Crippen molar-refractivity contribution in [1.29, 1.82) is 0 Å². The van der Waals surface area contributed by atoms with Gasteiger partial charge < -0.3 is 10.2 Å². The Balaban J connectivity index is 1.93. The molecule has 2 rings (SSSR count). The number of fused-ring (bicyclic) bond motifs is 1. The summed E-state index contributed by atoms with van der Waals surface area (Å²) in [4.78, 5) is 26.4. The molecule has 0 fully saturated rings. The fourth-order valence-electron chi connectivity index (χ4n) is 3.02. The van der Waals surface area contributed by atoms with E-state index in [1.165, 1.54) is 0 Å². The van der Waals surface area contributed by atoms with Gasteiger partial charge in [-0.15, -0.1) is 0 Å². The van der Waals surface area contributed by atoms with Crippen LogP contribution in [0.1, 0.15) is 44.5 Å². The van der Waals surface area contributed by atoms with Crippen LogP contribution in [-0.2, 0) is 4.79 Å². The Morgan fingerprint density at radius 1 is 0.958 bits per heavy atom. The number of carbonyl (C=O) groups excluding carboxylic acids is 2. The monoisotopic (exact) mass is 326 g/mol. The Labute approximate surface area is 143 Å².